The fourth-order valence-electron chi connectivity index (χ4n) is 7.29. The van der Waals surface area contributed by atoms with Crippen LogP contribution in [0.4, 0.5) is 0 Å². The van der Waals surface area contributed by atoms with E-state index in [9.17, 15) is 53.1 Å². The monoisotopic (exact) mass is 1500 g/mol. The lowest BCUT2D eigenvalue weighted by Crippen LogP contribution is -2.28. The highest BCUT2D eigenvalue weighted by Crippen LogP contribution is 2.26. The van der Waals surface area contributed by atoms with E-state index < -0.39 is 18.0 Å². The lowest BCUT2D eigenvalue weighted by molar-refractivity contribution is -0.146. The van der Waals surface area contributed by atoms with Gasteiger partial charge in [0.1, 0.15) is 30.1 Å². The van der Waals surface area contributed by atoms with Crippen LogP contribution in [0, 0.1) is 78.8 Å². The molecule has 16 nitrogen and oxygen atoms in total. The van der Waals surface area contributed by atoms with Crippen LogP contribution in [0.3, 0.4) is 0 Å². The standard InChI is InChI=1S/C10H16N2.C10H16O2.2C10H18O.C10H16O.C9H16O3.2C8H14O2.C8H14O.C8H12O/c1-5-9-11-6-7-12(9)8-10(2,3)4;1-6-8(10(3,4)5)12-9(11)7-2;2*1-8(2)6-9(11)7-10(3,4)5;1-6-8(2)9(11)7-10(3,4)5;1-7(10)12-6-8(11)5-9(2,3)4;1-6(9)5-7(10)8(2,3)4;1-5-7(9)10-6-8(2,3)4;2*1-5-7(9)6-8(2,3)4/h5-7H,1,8H2,2-4H3;6-8H,1-2H2,3-5H3;2*6H,7H2,1-5H3;1,9,11H,2,7H2,3-5H3;5-6H2,1-4H3;5H2,1-4H3;5H,1,6H2,2-4H3;5H,1,6H2,2-4H3;1H,6H2,2-4H3. The molecule has 0 amide bonds. The number of carbonyl (C=O) groups is 10. The highest BCUT2D eigenvalue weighted by molar-refractivity contribution is 6.00. The first-order valence-corrected chi connectivity index (χ1v) is 36.3. The van der Waals surface area contributed by atoms with Crippen LogP contribution in [-0.2, 0) is 68.7 Å². The minimum Gasteiger partial charge on any atom is -0.462 e. The molecule has 107 heavy (non-hydrogen) atoms. The Morgan fingerprint density at radius 2 is 0.907 bits per heavy atom. The maximum Gasteiger partial charge on any atom is 0.330 e. The van der Waals surface area contributed by atoms with Crippen molar-refractivity contribution in [1.82, 2.24) is 9.55 Å². The third kappa shape index (κ3) is 103. The molecule has 1 aromatic rings. The molecule has 1 rings (SSSR count). The molecule has 0 fully saturated rings. The molecule has 2 atom stereocenters. The number of aromatic nitrogens is 2. The molecule has 0 saturated heterocycles. The summed E-state index contributed by atoms with van der Waals surface area (Å²) in [6.45, 7) is 93.4. The molecule has 0 bridgehead atoms. The second-order valence-electron chi connectivity index (χ2n) is 38.3. The minimum atomic E-state index is -0.556. The van der Waals surface area contributed by atoms with Gasteiger partial charge in [-0.3, -0.25) is 38.4 Å². The van der Waals surface area contributed by atoms with Gasteiger partial charge in [-0.05, 0) is 115 Å². The van der Waals surface area contributed by atoms with Crippen LogP contribution in [0.25, 0.3) is 6.08 Å². The molecular weight excluding hydrogens is 1350 g/mol. The maximum atomic E-state index is 11.2. The Morgan fingerprint density at radius 3 is 1.14 bits per heavy atom. The van der Waals surface area contributed by atoms with Gasteiger partial charge in [0.2, 0.25) is 5.78 Å². The molecule has 0 aliphatic heterocycles. The number of ketones is 7. The smallest absolute Gasteiger partial charge is 0.330 e. The zero-order valence-corrected chi connectivity index (χ0v) is 74.5. The maximum absolute atomic E-state index is 11.2. The summed E-state index contributed by atoms with van der Waals surface area (Å²) >= 11 is 0. The zero-order valence-electron chi connectivity index (χ0n) is 74.5. The Kier molecular flexibility index (Phi) is 62.2. The average molecular weight is 1500 g/mol. The van der Waals surface area contributed by atoms with Gasteiger partial charge < -0.3 is 23.9 Å². The molecule has 2 unspecified atom stereocenters. The molecule has 1 aromatic heterocycles. The van der Waals surface area contributed by atoms with Gasteiger partial charge in [-0.2, -0.15) is 0 Å². The molecule has 1 heterocycles. The Hall–Kier alpha value is -7.69. The normalized spacial score (nSPS) is 11.5. The van der Waals surface area contributed by atoms with Crippen LogP contribution in [0.2, 0.25) is 0 Å². The number of aliphatic hydroxyl groups excluding tert-OH is 1. The van der Waals surface area contributed by atoms with E-state index in [1.165, 1.54) is 26.0 Å². The van der Waals surface area contributed by atoms with Crippen LogP contribution in [0.1, 0.15) is 300 Å². The number of Topliss-reactive ketones (excluding diaryl/α,β-unsaturated/α-hetero) is 4. The number of carbonyl (C=O) groups excluding carboxylic acids is 10. The summed E-state index contributed by atoms with van der Waals surface area (Å²) < 4.78 is 16.5. The summed E-state index contributed by atoms with van der Waals surface area (Å²) in [6, 6.07) is 0. The lowest BCUT2D eigenvalue weighted by atomic mass is 9.87. The Morgan fingerprint density at radius 1 is 0.514 bits per heavy atom. The van der Waals surface area contributed by atoms with E-state index >= 15 is 0 Å². The van der Waals surface area contributed by atoms with Crippen molar-refractivity contribution in [3.05, 3.63) is 111 Å². The van der Waals surface area contributed by atoms with Gasteiger partial charge in [0, 0.05) is 86.5 Å². The van der Waals surface area contributed by atoms with E-state index in [0.717, 1.165) is 29.6 Å². The summed E-state index contributed by atoms with van der Waals surface area (Å²) in [6.07, 6.45) is 27.0. The predicted molar refractivity (Wildman–Crippen MR) is 450 cm³/mol. The van der Waals surface area contributed by atoms with Crippen molar-refractivity contribution >= 4 is 64.5 Å². The summed E-state index contributed by atoms with van der Waals surface area (Å²) in [5.74, 6) is 4.62. The number of nitrogens with zero attached hydrogens (tertiary/aromatic N) is 2. The lowest BCUT2D eigenvalue weighted by Gasteiger charge is -2.26. The topological polar surface area (TPSA) is 236 Å². The van der Waals surface area contributed by atoms with E-state index in [4.69, 9.17) is 22.3 Å². The summed E-state index contributed by atoms with van der Waals surface area (Å²) in [5.41, 5.74) is 2.92. The number of hydrogen-bond acceptors (Lipinski definition) is 15. The predicted octanol–water partition coefficient (Wildman–Crippen LogP) is 21.5. The van der Waals surface area contributed by atoms with Crippen LogP contribution in [0.15, 0.2) is 105 Å². The molecule has 612 valence electrons. The van der Waals surface area contributed by atoms with Crippen molar-refractivity contribution in [3.63, 3.8) is 0 Å². The molecule has 16 heteroatoms. The zero-order chi connectivity index (χ0) is 87.5. The van der Waals surface area contributed by atoms with E-state index in [1.807, 2.05) is 165 Å². The van der Waals surface area contributed by atoms with Gasteiger partial charge in [0.25, 0.3) is 0 Å². The van der Waals surface area contributed by atoms with Crippen LogP contribution in [-0.4, -0.2) is 98.5 Å². The molecule has 0 spiro atoms. The van der Waals surface area contributed by atoms with Crippen LogP contribution < -0.4 is 0 Å². The van der Waals surface area contributed by atoms with Gasteiger partial charge in [0.05, 0.1) is 19.1 Å². The third-order valence-corrected chi connectivity index (χ3v) is 11.8. The van der Waals surface area contributed by atoms with Gasteiger partial charge in [-0.15, -0.1) is 12.8 Å². The van der Waals surface area contributed by atoms with Crippen molar-refractivity contribution in [1.29, 1.82) is 0 Å². The van der Waals surface area contributed by atoms with Crippen LogP contribution in [0.5, 0.6) is 0 Å². The van der Waals surface area contributed by atoms with Crippen molar-refractivity contribution in [2.75, 3.05) is 13.2 Å². The van der Waals surface area contributed by atoms with Crippen molar-refractivity contribution in [2.24, 2.45) is 54.1 Å². The molecule has 0 aromatic carbocycles. The SMILES string of the molecule is C#CC(=C)C(O)CC(C)(C)C.C#CC(=O)CC(C)(C)C.C=CC(=O)CC(C)(C)C.C=CC(=O)OC(C=C)C(C)(C)C.C=CC(=O)OCC(C)(C)C.C=Cc1nccn1CC(C)(C)C.CC(=O)CC(=O)C(C)(C)C.CC(=O)OCC(=O)CC(C)(C)C.CC(C)=CC(=O)CC(C)(C)C.CC(C)=CC(=O)CC(C)(C)C. The van der Waals surface area contributed by atoms with Crippen molar-refractivity contribution in [3.8, 4) is 24.7 Å². The minimum absolute atomic E-state index is 0.0139. The number of esters is 3. The first-order chi connectivity index (χ1) is 47.4. The molecular formula is C91H154N2O14. The average Bonchev–Trinajstić information content (AvgIpc) is 1.78. The van der Waals surface area contributed by atoms with Gasteiger partial charge >= 0.3 is 17.9 Å². The largest absolute Gasteiger partial charge is 0.462 e. The Labute approximate surface area is 653 Å². The first-order valence-electron chi connectivity index (χ1n) is 36.3. The van der Waals surface area contributed by atoms with Crippen molar-refractivity contribution in [2.45, 2.75) is 313 Å². The van der Waals surface area contributed by atoms with E-state index in [-0.39, 0.29) is 114 Å². The van der Waals surface area contributed by atoms with Crippen molar-refractivity contribution < 1.29 is 67.3 Å². The van der Waals surface area contributed by atoms with E-state index in [1.54, 1.807) is 24.3 Å². The first kappa shape index (κ1) is 118. The number of terminal acetylenes is 2. The molecule has 1 N–H and O–H groups in total. The van der Waals surface area contributed by atoms with Gasteiger partial charge in [-0.1, -0.05) is 270 Å². The number of rotatable bonds is 21. The second kappa shape index (κ2) is 56.5. The molecule has 0 aliphatic rings. The van der Waals surface area contributed by atoms with Gasteiger partial charge in [0.15, 0.2) is 23.1 Å². The summed E-state index contributed by atoms with van der Waals surface area (Å²) in [5, 5.41) is 9.41. The van der Waals surface area contributed by atoms with E-state index in [0.29, 0.717) is 56.1 Å². The molecule has 0 aliphatic carbocycles. The number of allylic oxidation sites excluding steroid dienone is 5. The number of hydrogen-bond donors (Lipinski definition) is 1. The fraction of sp³-hybridized carbons (Fsp3) is 0.637. The number of imidazole rings is 1. The molecule has 0 radical (unpaired) electrons. The highest BCUT2D eigenvalue weighted by Gasteiger charge is 2.26. The second-order valence-corrected chi connectivity index (χ2v) is 38.3. The van der Waals surface area contributed by atoms with E-state index in [2.05, 4.69) is 149 Å². The Bertz CT molecular complexity index is 3020. The Balaban J connectivity index is -0.000000143. The highest BCUT2D eigenvalue weighted by atomic mass is 16.5. The fourth-order valence-corrected chi connectivity index (χ4v) is 7.29. The summed E-state index contributed by atoms with van der Waals surface area (Å²) in [4.78, 5) is 112. The number of ether oxygens (including phenoxy) is 3. The quantitative estimate of drug-likeness (QED) is 0.0229. The van der Waals surface area contributed by atoms with Gasteiger partial charge in [-0.25, -0.2) is 14.6 Å². The molecule has 0 saturated carbocycles. The number of aliphatic hydroxyl groups is 1. The third-order valence-electron chi connectivity index (χ3n) is 11.8. The van der Waals surface area contributed by atoms with Crippen LogP contribution >= 0.6 is 0 Å². The summed E-state index contributed by atoms with van der Waals surface area (Å²) in [7, 11) is 0.